The largest absolute Gasteiger partial charge is 0.489 e. The molecule has 0 bridgehead atoms. The maximum Gasteiger partial charge on any atom is 0.377 e. The predicted molar refractivity (Wildman–Crippen MR) is 115 cm³/mol. The highest BCUT2D eigenvalue weighted by atomic mass is 19.1. The SMILES string of the molecule is CNC(=O)c1c(-c2ccc(F)cc2)oc2c1cc(OC(C)C)c1[nH]cc(C(=O)C(=O)O)c12. The van der Waals surface area contributed by atoms with Crippen LogP contribution in [0.15, 0.2) is 40.9 Å². The van der Waals surface area contributed by atoms with Gasteiger partial charge in [0.05, 0.1) is 28.1 Å². The number of Topliss-reactive ketones (excluding diaryl/α,β-unsaturated/α-hetero) is 1. The molecule has 4 aromatic rings. The molecular formula is C23H19FN2O6. The minimum absolute atomic E-state index is 0.130. The molecule has 0 fully saturated rings. The van der Waals surface area contributed by atoms with E-state index in [1.807, 2.05) is 0 Å². The first-order valence-electron chi connectivity index (χ1n) is 9.75. The summed E-state index contributed by atoms with van der Waals surface area (Å²) in [7, 11) is 1.45. The number of fused-ring (bicyclic) bond motifs is 3. The van der Waals surface area contributed by atoms with Gasteiger partial charge in [-0.15, -0.1) is 0 Å². The van der Waals surface area contributed by atoms with Crippen LogP contribution in [0.5, 0.6) is 5.75 Å². The van der Waals surface area contributed by atoms with Gasteiger partial charge < -0.3 is 24.6 Å². The van der Waals surface area contributed by atoms with Gasteiger partial charge in [0.2, 0.25) is 0 Å². The maximum atomic E-state index is 13.5. The molecule has 0 unspecified atom stereocenters. The number of aromatic nitrogens is 1. The lowest BCUT2D eigenvalue weighted by atomic mass is 10.0. The van der Waals surface area contributed by atoms with Crippen molar-refractivity contribution in [1.29, 1.82) is 0 Å². The lowest BCUT2D eigenvalue weighted by Crippen LogP contribution is -2.18. The smallest absolute Gasteiger partial charge is 0.377 e. The van der Waals surface area contributed by atoms with Gasteiger partial charge in [-0.1, -0.05) is 0 Å². The molecule has 4 rings (SSSR count). The second-order valence-corrected chi connectivity index (χ2v) is 7.40. The summed E-state index contributed by atoms with van der Waals surface area (Å²) in [6.45, 7) is 3.61. The number of carbonyl (C=O) groups is 3. The molecule has 1 amide bonds. The Kier molecular flexibility index (Phi) is 5.17. The van der Waals surface area contributed by atoms with Crippen molar-refractivity contribution in [2.45, 2.75) is 20.0 Å². The minimum Gasteiger partial charge on any atom is -0.489 e. The number of aromatic amines is 1. The van der Waals surface area contributed by atoms with E-state index in [1.54, 1.807) is 19.9 Å². The molecule has 0 aliphatic carbocycles. The van der Waals surface area contributed by atoms with Gasteiger partial charge in [-0.05, 0) is 44.2 Å². The molecule has 0 saturated carbocycles. The highest BCUT2D eigenvalue weighted by Crippen LogP contribution is 2.42. The van der Waals surface area contributed by atoms with E-state index in [9.17, 15) is 23.9 Å². The molecule has 0 aliphatic rings. The minimum atomic E-state index is -1.63. The third-order valence-corrected chi connectivity index (χ3v) is 4.94. The number of hydrogen-bond acceptors (Lipinski definition) is 5. The molecule has 8 nitrogen and oxygen atoms in total. The van der Waals surface area contributed by atoms with E-state index in [4.69, 9.17) is 9.15 Å². The predicted octanol–water partition coefficient (Wildman–Crippen LogP) is 4.13. The number of aliphatic carboxylic acids is 1. The number of hydrogen-bond donors (Lipinski definition) is 3. The van der Waals surface area contributed by atoms with Gasteiger partial charge in [-0.3, -0.25) is 9.59 Å². The Morgan fingerprint density at radius 3 is 2.47 bits per heavy atom. The Balaban J connectivity index is 2.15. The number of H-pyrrole nitrogens is 1. The van der Waals surface area contributed by atoms with Crippen LogP contribution in [0.4, 0.5) is 4.39 Å². The lowest BCUT2D eigenvalue weighted by Gasteiger charge is -2.11. The van der Waals surface area contributed by atoms with E-state index in [-0.39, 0.29) is 34.0 Å². The van der Waals surface area contributed by atoms with Crippen LogP contribution in [0.1, 0.15) is 34.6 Å². The topological polar surface area (TPSA) is 122 Å². The summed E-state index contributed by atoms with van der Waals surface area (Å²) >= 11 is 0. The number of amides is 1. The number of nitrogens with one attached hydrogen (secondary N) is 2. The van der Waals surface area contributed by atoms with Crippen LogP contribution in [0.2, 0.25) is 0 Å². The molecule has 164 valence electrons. The zero-order valence-electron chi connectivity index (χ0n) is 17.4. The van der Waals surface area contributed by atoms with Crippen LogP contribution in [0.3, 0.4) is 0 Å². The van der Waals surface area contributed by atoms with Crippen molar-refractivity contribution in [2.24, 2.45) is 0 Å². The third kappa shape index (κ3) is 3.37. The number of furan rings is 1. The first kappa shape index (κ1) is 21.1. The van der Waals surface area contributed by atoms with Gasteiger partial charge >= 0.3 is 5.97 Å². The number of benzene rings is 2. The second kappa shape index (κ2) is 7.84. The highest BCUT2D eigenvalue weighted by Gasteiger charge is 2.29. The molecule has 32 heavy (non-hydrogen) atoms. The van der Waals surface area contributed by atoms with Crippen LogP contribution in [0, 0.1) is 5.82 Å². The van der Waals surface area contributed by atoms with Crippen LogP contribution >= 0.6 is 0 Å². The number of carboxylic acids is 1. The summed E-state index contributed by atoms with van der Waals surface area (Å²) in [5.41, 5.74) is 0.954. The molecule has 2 heterocycles. The Morgan fingerprint density at radius 2 is 1.88 bits per heavy atom. The summed E-state index contributed by atoms with van der Waals surface area (Å²) in [5, 5.41) is 12.3. The van der Waals surface area contributed by atoms with E-state index in [2.05, 4.69) is 10.3 Å². The molecule has 9 heteroatoms. The molecule has 0 spiro atoms. The molecule has 0 atom stereocenters. The summed E-state index contributed by atoms with van der Waals surface area (Å²) in [6, 6.07) is 6.99. The molecule has 2 aromatic heterocycles. The van der Waals surface area contributed by atoms with E-state index in [0.717, 1.165) is 0 Å². The van der Waals surface area contributed by atoms with Gasteiger partial charge in [-0.2, -0.15) is 0 Å². The van der Waals surface area contributed by atoms with Gasteiger partial charge in [0, 0.05) is 24.2 Å². The lowest BCUT2D eigenvalue weighted by molar-refractivity contribution is -0.131. The Labute approximate surface area is 181 Å². The molecule has 0 saturated heterocycles. The molecule has 3 N–H and O–H groups in total. The summed E-state index contributed by atoms with van der Waals surface area (Å²) in [4.78, 5) is 39.5. The van der Waals surface area contributed by atoms with Crippen LogP contribution in [-0.2, 0) is 4.79 Å². The normalized spacial score (nSPS) is 11.3. The average Bonchev–Trinajstić information content (AvgIpc) is 3.35. The first-order valence-corrected chi connectivity index (χ1v) is 9.75. The first-order chi connectivity index (χ1) is 15.2. The molecular weight excluding hydrogens is 419 g/mol. The fraction of sp³-hybridized carbons (Fsp3) is 0.174. The number of halogens is 1. The van der Waals surface area contributed by atoms with Crippen molar-refractivity contribution in [3.05, 3.63) is 53.5 Å². The fourth-order valence-corrected chi connectivity index (χ4v) is 3.62. The number of ketones is 1. The zero-order chi connectivity index (χ0) is 23.2. The second-order valence-electron chi connectivity index (χ2n) is 7.40. The quantitative estimate of drug-likeness (QED) is 0.307. The van der Waals surface area contributed by atoms with E-state index < -0.39 is 23.5 Å². The summed E-state index contributed by atoms with van der Waals surface area (Å²) < 4.78 is 25.4. The Hall–Kier alpha value is -4.14. The maximum absolute atomic E-state index is 13.5. The summed E-state index contributed by atoms with van der Waals surface area (Å²) in [6.07, 6.45) is 1.03. The van der Waals surface area contributed by atoms with Crippen molar-refractivity contribution < 1.29 is 33.0 Å². The van der Waals surface area contributed by atoms with Crippen molar-refractivity contribution in [3.8, 4) is 17.1 Å². The summed E-state index contributed by atoms with van der Waals surface area (Å²) in [5.74, 6) is -3.23. The number of rotatable bonds is 6. The molecule has 0 aliphatic heterocycles. The average molecular weight is 438 g/mol. The van der Waals surface area contributed by atoms with E-state index in [0.29, 0.717) is 22.2 Å². The Morgan fingerprint density at radius 1 is 1.19 bits per heavy atom. The monoisotopic (exact) mass is 438 g/mol. The molecule has 2 aromatic carbocycles. The van der Waals surface area contributed by atoms with Crippen molar-refractivity contribution >= 4 is 39.5 Å². The van der Waals surface area contributed by atoms with Crippen molar-refractivity contribution in [3.63, 3.8) is 0 Å². The standard InChI is InChI=1S/C23H19FN2O6/c1-10(2)31-15-8-13-17(22(28)25-3)20(11-4-6-12(24)7-5-11)32-21(13)16-14(9-26-18(15)16)19(27)23(29)30/h4-10,26H,1-3H3,(H,25,28)(H,29,30). The van der Waals surface area contributed by atoms with E-state index in [1.165, 1.54) is 37.5 Å². The number of carbonyl (C=O) groups excluding carboxylic acids is 2. The Bertz CT molecular complexity index is 1380. The van der Waals surface area contributed by atoms with Gasteiger partial charge in [0.15, 0.2) is 0 Å². The number of carboxylic acid groups (broad SMARTS) is 1. The third-order valence-electron chi connectivity index (χ3n) is 4.94. The van der Waals surface area contributed by atoms with E-state index >= 15 is 0 Å². The zero-order valence-corrected chi connectivity index (χ0v) is 17.4. The fourth-order valence-electron chi connectivity index (χ4n) is 3.62. The van der Waals surface area contributed by atoms with Crippen molar-refractivity contribution in [1.82, 2.24) is 10.3 Å². The highest BCUT2D eigenvalue weighted by molar-refractivity contribution is 6.43. The van der Waals surface area contributed by atoms with Gasteiger partial charge in [-0.25, -0.2) is 9.18 Å². The number of ether oxygens (including phenoxy) is 1. The van der Waals surface area contributed by atoms with Crippen LogP contribution in [0.25, 0.3) is 33.2 Å². The molecule has 0 radical (unpaired) electrons. The van der Waals surface area contributed by atoms with Gasteiger partial charge in [0.1, 0.15) is 22.9 Å². The van der Waals surface area contributed by atoms with Crippen LogP contribution < -0.4 is 10.1 Å². The van der Waals surface area contributed by atoms with Crippen LogP contribution in [-0.4, -0.2) is 40.9 Å². The van der Waals surface area contributed by atoms with Gasteiger partial charge in [0.25, 0.3) is 11.7 Å². The van der Waals surface area contributed by atoms with Crippen molar-refractivity contribution in [2.75, 3.05) is 7.05 Å².